The highest BCUT2D eigenvalue weighted by Crippen LogP contribution is 2.09. The van der Waals surface area contributed by atoms with Crippen molar-refractivity contribution in [2.24, 2.45) is 0 Å². The van der Waals surface area contributed by atoms with Crippen molar-refractivity contribution in [1.29, 1.82) is 5.26 Å². The number of carbonyl (C=O) groups is 2. The van der Waals surface area contributed by atoms with Crippen molar-refractivity contribution in [2.45, 2.75) is 25.7 Å². The summed E-state index contributed by atoms with van der Waals surface area (Å²) >= 11 is 0. The van der Waals surface area contributed by atoms with Gasteiger partial charge < -0.3 is 20.3 Å². The Morgan fingerprint density at radius 3 is 2.65 bits per heavy atom. The van der Waals surface area contributed by atoms with E-state index in [-0.39, 0.29) is 17.4 Å². The zero-order chi connectivity index (χ0) is 18.6. The first kappa shape index (κ1) is 20.2. The summed E-state index contributed by atoms with van der Waals surface area (Å²) in [5, 5.41) is 14.9. The molecule has 2 fully saturated rings. The highest BCUT2D eigenvalue weighted by molar-refractivity contribution is 5.97. The van der Waals surface area contributed by atoms with Crippen LogP contribution in [0.1, 0.15) is 25.7 Å². The smallest absolute Gasteiger partial charge is 0.263 e. The van der Waals surface area contributed by atoms with E-state index >= 15 is 0 Å². The lowest BCUT2D eigenvalue weighted by atomic mass is 10.3. The second-order valence-corrected chi connectivity index (χ2v) is 6.53. The highest BCUT2D eigenvalue weighted by Gasteiger charge is 2.19. The van der Waals surface area contributed by atoms with Gasteiger partial charge in [0.15, 0.2) is 0 Å². The third-order valence-corrected chi connectivity index (χ3v) is 4.57. The standard InChI is InChI=1S/C18H29N5O3/c19-14-16(15-20-5-2-7-22-10-12-26-13-11-22)18(25)21-6-3-9-23-8-1-4-17(23)24/h15,20H,1-13H2,(H,21,25)/b16-15-. The van der Waals surface area contributed by atoms with E-state index in [4.69, 9.17) is 10.00 Å². The molecule has 0 saturated carbocycles. The summed E-state index contributed by atoms with van der Waals surface area (Å²) < 4.78 is 5.31. The predicted molar refractivity (Wildman–Crippen MR) is 97.0 cm³/mol. The van der Waals surface area contributed by atoms with Crippen molar-refractivity contribution in [3.8, 4) is 6.07 Å². The Kier molecular flexibility index (Phi) is 8.93. The summed E-state index contributed by atoms with van der Waals surface area (Å²) in [5.74, 6) is -0.184. The van der Waals surface area contributed by atoms with E-state index < -0.39 is 0 Å². The van der Waals surface area contributed by atoms with Gasteiger partial charge in [-0.25, -0.2) is 0 Å². The topological polar surface area (TPSA) is 97.7 Å². The molecule has 8 nitrogen and oxygen atoms in total. The Morgan fingerprint density at radius 1 is 1.19 bits per heavy atom. The molecule has 0 atom stereocenters. The lowest BCUT2D eigenvalue weighted by Gasteiger charge is -2.26. The van der Waals surface area contributed by atoms with Gasteiger partial charge in [-0.2, -0.15) is 5.26 Å². The number of ether oxygens (including phenoxy) is 1. The molecule has 26 heavy (non-hydrogen) atoms. The number of nitrogens with one attached hydrogen (secondary N) is 2. The monoisotopic (exact) mass is 363 g/mol. The van der Waals surface area contributed by atoms with Crippen LogP contribution in [0.3, 0.4) is 0 Å². The van der Waals surface area contributed by atoms with Gasteiger partial charge in [0.05, 0.1) is 13.2 Å². The van der Waals surface area contributed by atoms with Gasteiger partial charge in [0.2, 0.25) is 5.91 Å². The van der Waals surface area contributed by atoms with E-state index in [0.717, 1.165) is 52.2 Å². The number of nitriles is 1. The predicted octanol–water partition coefficient (Wildman–Crippen LogP) is -0.166. The summed E-state index contributed by atoms with van der Waals surface area (Å²) in [7, 11) is 0. The second kappa shape index (κ2) is 11.5. The molecular weight excluding hydrogens is 334 g/mol. The van der Waals surface area contributed by atoms with Crippen molar-refractivity contribution in [2.75, 3.05) is 59.0 Å². The average Bonchev–Trinajstić information content (AvgIpc) is 3.07. The van der Waals surface area contributed by atoms with E-state index in [2.05, 4.69) is 15.5 Å². The van der Waals surface area contributed by atoms with Crippen LogP contribution in [0.25, 0.3) is 0 Å². The Morgan fingerprint density at radius 2 is 1.96 bits per heavy atom. The molecule has 0 unspecified atom stereocenters. The molecule has 0 aliphatic carbocycles. The van der Waals surface area contributed by atoms with E-state index in [0.29, 0.717) is 32.5 Å². The van der Waals surface area contributed by atoms with E-state index in [1.54, 1.807) is 0 Å². The molecule has 0 aromatic carbocycles. The van der Waals surface area contributed by atoms with Gasteiger partial charge in [-0.1, -0.05) is 0 Å². The molecule has 2 rings (SSSR count). The van der Waals surface area contributed by atoms with Gasteiger partial charge in [0.1, 0.15) is 11.6 Å². The zero-order valence-corrected chi connectivity index (χ0v) is 15.3. The third kappa shape index (κ3) is 7.02. The van der Waals surface area contributed by atoms with E-state index in [9.17, 15) is 9.59 Å². The number of morpholine rings is 1. The third-order valence-electron chi connectivity index (χ3n) is 4.57. The number of nitrogens with zero attached hydrogens (tertiary/aromatic N) is 3. The van der Waals surface area contributed by atoms with Crippen LogP contribution >= 0.6 is 0 Å². The fourth-order valence-electron chi connectivity index (χ4n) is 3.06. The molecule has 2 saturated heterocycles. The Bertz CT molecular complexity index is 537. The molecule has 2 N–H and O–H groups in total. The van der Waals surface area contributed by atoms with E-state index in [1.165, 1.54) is 6.20 Å². The quantitative estimate of drug-likeness (QED) is 0.318. The van der Waals surface area contributed by atoms with Crippen molar-refractivity contribution < 1.29 is 14.3 Å². The molecule has 0 spiro atoms. The minimum Gasteiger partial charge on any atom is -0.390 e. The molecule has 2 heterocycles. The largest absolute Gasteiger partial charge is 0.390 e. The van der Waals surface area contributed by atoms with Crippen LogP contribution in [0.15, 0.2) is 11.8 Å². The maximum Gasteiger partial charge on any atom is 0.263 e. The molecule has 2 aliphatic heterocycles. The van der Waals surface area contributed by atoms with Gasteiger partial charge in [-0.05, 0) is 25.8 Å². The minimum atomic E-state index is -0.374. The van der Waals surface area contributed by atoms with Crippen molar-refractivity contribution in [3.63, 3.8) is 0 Å². The molecule has 2 aliphatic rings. The molecule has 144 valence electrons. The summed E-state index contributed by atoms with van der Waals surface area (Å²) in [6, 6.07) is 1.93. The molecule has 0 bridgehead atoms. The van der Waals surface area contributed by atoms with Gasteiger partial charge in [-0.15, -0.1) is 0 Å². The Balaban J connectivity index is 1.56. The van der Waals surface area contributed by atoms with Crippen molar-refractivity contribution in [1.82, 2.24) is 20.4 Å². The van der Waals surface area contributed by atoms with Crippen LogP contribution in [0.5, 0.6) is 0 Å². The maximum absolute atomic E-state index is 12.0. The summed E-state index contributed by atoms with van der Waals surface area (Å²) in [4.78, 5) is 27.7. The van der Waals surface area contributed by atoms with Crippen molar-refractivity contribution >= 4 is 11.8 Å². The SMILES string of the molecule is N#C/C(=C/NCCCN1CCOCC1)C(=O)NCCCN1CCCC1=O. The maximum atomic E-state index is 12.0. The zero-order valence-electron chi connectivity index (χ0n) is 15.3. The van der Waals surface area contributed by atoms with Crippen LogP contribution in [-0.4, -0.2) is 80.6 Å². The van der Waals surface area contributed by atoms with Crippen LogP contribution in [0.4, 0.5) is 0 Å². The molecular formula is C18H29N5O3. The van der Waals surface area contributed by atoms with Crippen molar-refractivity contribution in [3.05, 3.63) is 11.8 Å². The first-order chi connectivity index (χ1) is 12.7. The van der Waals surface area contributed by atoms with Gasteiger partial charge in [-0.3, -0.25) is 14.5 Å². The Labute approximate surface area is 155 Å². The number of amides is 2. The fraction of sp³-hybridized carbons (Fsp3) is 0.722. The Hall–Kier alpha value is -2.11. The van der Waals surface area contributed by atoms with Gasteiger partial charge in [0.25, 0.3) is 5.91 Å². The second-order valence-electron chi connectivity index (χ2n) is 6.53. The summed E-state index contributed by atoms with van der Waals surface area (Å²) in [5.41, 5.74) is 0.0774. The van der Waals surface area contributed by atoms with Crippen LogP contribution < -0.4 is 10.6 Å². The van der Waals surface area contributed by atoms with Crippen LogP contribution in [0, 0.1) is 11.3 Å². The summed E-state index contributed by atoms with van der Waals surface area (Å²) in [6.07, 6.45) is 4.68. The number of hydrogen-bond acceptors (Lipinski definition) is 6. The lowest BCUT2D eigenvalue weighted by Crippen LogP contribution is -2.37. The first-order valence-electron chi connectivity index (χ1n) is 9.40. The molecule has 2 amide bonds. The molecule has 0 aromatic heterocycles. The molecule has 8 heteroatoms. The number of rotatable bonds is 10. The first-order valence-corrected chi connectivity index (χ1v) is 9.40. The van der Waals surface area contributed by atoms with Gasteiger partial charge in [0, 0.05) is 51.9 Å². The number of likely N-dealkylation sites (tertiary alicyclic amines) is 1. The normalized spacial score (nSPS) is 18.7. The average molecular weight is 363 g/mol. The van der Waals surface area contributed by atoms with Crippen LogP contribution in [-0.2, 0) is 14.3 Å². The van der Waals surface area contributed by atoms with Crippen LogP contribution in [0.2, 0.25) is 0 Å². The number of hydrogen-bond donors (Lipinski definition) is 2. The lowest BCUT2D eigenvalue weighted by molar-refractivity contribution is -0.127. The highest BCUT2D eigenvalue weighted by atomic mass is 16.5. The van der Waals surface area contributed by atoms with Gasteiger partial charge >= 0.3 is 0 Å². The molecule has 0 radical (unpaired) electrons. The summed E-state index contributed by atoms with van der Waals surface area (Å²) in [6.45, 7) is 7.12. The molecule has 0 aromatic rings. The number of carbonyl (C=O) groups excluding carboxylic acids is 2. The fourth-order valence-corrected chi connectivity index (χ4v) is 3.06. The minimum absolute atomic E-state index is 0.0774. The van der Waals surface area contributed by atoms with E-state index in [1.807, 2.05) is 11.0 Å².